The second kappa shape index (κ2) is 10.4. The van der Waals surface area contributed by atoms with Gasteiger partial charge in [-0.05, 0) is 74.9 Å². The van der Waals surface area contributed by atoms with Crippen molar-refractivity contribution in [3.8, 4) is 5.75 Å². The number of piperidine rings is 1. The van der Waals surface area contributed by atoms with E-state index in [1.165, 1.54) is 0 Å². The molecule has 7 nitrogen and oxygen atoms in total. The number of nitrogens with zero attached hydrogens (tertiary/aromatic N) is 2. The molecule has 2 amide bonds. The molecule has 0 bridgehead atoms. The number of hydrogen-bond acceptors (Lipinski definition) is 5. The number of hydrogen-bond donors (Lipinski definition) is 1. The number of rotatable bonds is 8. The highest BCUT2D eigenvalue weighted by molar-refractivity contribution is 5.95. The molecule has 2 N–H and O–H groups in total. The van der Waals surface area contributed by atoms with Gasteiger partial charge >= 0.3 is 0 Å². The van der Waals surface area contributed by atoms with Crippen molar-refractivity contribution in [1.82, 2.24) is 9.80 Å². The van der Waals surface area contributed by atoms with Crippen LogP contribution in [0.1, 0.15) is 44.9 Å². The van der Waals surface area contributed by atoms with Gasteiger partial charge in [-0.1, -0.05) is 24.3 Å². The average molecular weight is 448 g/mol. The maximum Gasteiger partial charge on any atom is 0.254 e. The Balaban J connectivity index is 1.51. The van der Waals surface area contributed by atoms with Crippen molar-refractivity contribution in [2.75, 3.05) is 20.1 Å². The van der Waals surface area contributed by atoms with Crippen LogP contribution in [-0.4, -0.2) is 47.8 Å². The molecule has 172 valence electrons. The van der Waals surface area contributed by atoms with Crippen molar-refractivity contribution in [3.63, 3.8) is 0 Å². The van der Waals surface area contributed by atoms with Gasteiger partial charge in [-0.2, -0.15) is 0 Å². The minimum absolute atomic E-state index is 0.0275. The highest BCUT2D eigenvalue weighted by Crippen LogP contribution is 2.23. The predicted octanol–water partition coefficient (Wildman–Crippen LogP) is 3.69. The summed E-state index contributed by atoms with van der Waals surface area (Å²) in [6.07, 6.45) is 3.49. The third kappa shape index (κ3) is 5.62. The largest absolute Gasteiger partial charge is 0.488 e. The highest BCUT2D eigenvalue weighted by atomic mass is 16.5. The third-order valence-corrected chi connectivity index (χ3v) is 6.02. The van der Waals surface area contributed by atoms with Crippen molar-refractivity contribution >= 4 is 11.8 Å². The van der Waals surface area contributed by atoms with Gasteiger partial charge in [0.1, 0.15) is 18.1 Å². The quantitative estimate of drug-likeness (QED) is 0.569. The summed E-state index contributed by atoms with van der Waals surface area (Å²) >= 11 is 0. The van der Waals surface area contributed by atoms with Crippen molar-refractivity contribution in [3.05, 3.63) is 89.4 Å². The molecule has 1 aliphatic rings. The molecule has 7 heteroatoms. The first-order valence-electron chi connectivity index (χ1n) is 11.1. The number of para-hydroxylation sites is 1. The van der Waals surface area contributed by atoms with Crippen LogP contribution in [0.3, 0.4) is 0 Å². The smallest absolute Gasteiger partial charge is 0.254 e. The number of nitrogens with two attached hydrogens (primary N) is 1. The van der Waals surface area contributed by atoms with Gasteiger partial charge in [-0.15, -0.1) is 0 Å². The Morgan fingerprint density at radius 2 is 1.88 bits per heavy atom. The summed E-state index contributed by atoms with van der Waals surface area (Å²) in [5.41, 5.74) is 7.20. The van der Waals surface area contributed by atoms with E-state index in [4.69, 9.17) is 14.9 Å². The Bertz CT molecular complexity index is 1090. The van der Waals surface area contributed by atoms with E-state index in [1.807, 2.05) is 41.3 Å². The lowest BCUT2D eigenvalue weighted by Gasteiger charge is -2.37. The molecule has 33 heavy (non-hydrogen) atoms. The number of amides is 2. The molecular formula is C26H29N3O4. The average Bonchev–Trinajstić information content (AvgIpc) is 3.35. The van der Waals surface area contributed by atoms with E-state index < -0.39 is 5.91 Å². The van der Waals surface area contributed by atoms with Gasteiger partial charge < -0.3 is 24.7 Å². The van der Waals surface area contributed by atoms with Crippen molar-refractivity contribution in [2.24, 2.45) is 5.73 Å². The van der Waals surface area contributed by atoms with Crippen LogP contribution >= 0.6 is 0 Å². The van der Waals surface area contributed by atoms with Gasteiger partial charge in [0.2, 0.25) is 0 Å². The molecule has 0 aliphatic carbocycles. The first-order valence-corrected chi connectivity index (χ1v) is 11.1. The monoisotopic (exact) mass is 447 g/mol. The zero-order valence-electron chi connectivity index (χ0n) is 18.8. The molecule has 2 aromatic carbocycles. The van der Waals surface area contributed by atoms with Crippen molar-refractivity contribution in [1.29, 1.82) is 0 Å². The predicted molar refractivity (Wildman–Crippen MR) is 125 cm³/mol. The molecule has 1 aliphatic heterocycles. The van der Waals surface area contributed by atoms with Crippen LogP contribution in [0.2, 0.25) is 0 Å². The van der Waals surface area contributed by atoms with E-state index in [1.54, 1.807) is 30.5 Å². The molecule has 3 aromatic rings. The third-order valence-electron chi connectivity index (χ3n) is 6.02. The zero-order valence-corrected chi connectivity index (χ0v) is 18.8. The minimum Gasteiger partial charge on any atom is -0.488 e. The van der Waals surface area contributed by atoms with Crippen LogP contribution in [0.15, 0.2) is 71.3 Å². The fraction of sp³-hybridized carbons (Fsp3) is 0.308. The number of carbonyl (C=O) groups excluding carboxylic acids is 2. The maximum atomic E-state index is 13.6. The summed E-state index contributed by atoms with van der Waals surface area (Å²) in [6.45, 7) is 2.57. The van der Waals surface area contributed by atoms with Gasteiger partial charge in [-0.25, -0.2) is 0 Å². The number of benzene rings is 2. The van der Waals surface area contributed by atoms with Gasteiger partial charge in [0.05, 0.1) is 18.4 Å². The van der Waals surface area contributed by atoms with Crippen LogP contribution in [0.25, 0.3) is 0 Å². The Hall–Kier alpha value is -3.58. The fourth-order valence-corrected chi connectivity index (χ4v) is 4.16. The molecule has 0 saturated carbocycles. The summed E-state index contributed by atoms with van der Waals surface area (Å²) < 4.78 is 11.4. The number of primary amides is 1. The second-order valence-corrected chi connectivity index (χ2v) is 8.40. The molecular weight excluding hydrogens is 418 g/mol. The molecule has 0 radical (unpaired) electrons. The summed E-state index contributed by atoms with van der Waals surface area (Å²) in [5.74, 6) is 0.624. The zero-order chi connectivity index (χ0) is 23.2. The molecule has 4 rings (SSSR count). The van der Waals surface area contributed by atoms with E-state index in [2.05, 4.69) is 11.9 Å². The summed E-state index contributed by atoms with van der Waals surface area (Å²) in [7, 11) is 2.11. The van der Waals surface area contributed by atoms with Gasteiger partial charge in [-0.3, -0.25) is 9.59 Å². The molecule has 0 atom stereocenters. The van der Waals surface area contributed by atoms with E-state index in [0.29, 0.717) is 23.4 Å². The maximum absolute atomic E-state index is 13.6. The number of ether oxygens (including phenoxy) is 1. The topological polar surface area (TPSA) is 89.0 Å². The Morgan fingerprint density at radius 3 is 2.61 bits per heavy atom. The Kier molecular flexibility index (Phi) is 7.10. The molecule has 0 spiro atoms. The second-order valence-electron chi connectivity index (χ2n) is 8.40. The van der Waals surface area contributed by atoms with Crippen LogP contribution in [0.4, 0.5) is 0 Å². The Labute approximate surface area is 193 Å². The molecule has 1 fully saturated rings. The molecule has 1 saturated heterocycles. The lowest BCUT2D eigenvalue weighted by molar-refractivity contribution is 0.0550. The summed E-state index contributed by atoms with van der Waals surface area (Å²) in [4.78, 5) is 29.4. The minimum atomic E-state index is -0.541. The van der Waals surface area contributed by atoms with Crippen LogP contribution in [-0.2, 0) is 13.2 Å². The standard InChI is InChI=1S/C26H29N3O4/c1-28-13-11-21(12-14-28)29(17-22-8-5-15-32-22)26(31)20-7-4-6-19(16-20)18-33-24-10-3-2-9-23(24)25(27)30/h2-10,15-16,21H,11-14,17-18H2,1H3,(H2,27,30). The van der Waals surface area contributed by atoms with E-state index in [9.17, 15) is 9.59 Å². The van der Waals surface area contributed by atoms with Crippen molar-refractivity contribution < 1.29 is 18.7 Å². The normalized spacial score (nSPS) is 14.7. The lowest BCUT2D eigenvalue weighted by atomic mass is 10.0. The van der Waals surface area contributed by atoms with Crippen molar-refractivity contribution in [2.45, 2.75) is 32.0 Å². The fourth-order valence-electron chi connectivity index (χ4n) is 4.16. The molecule has 1 aromatic heterocycles. The lowest BCUT2D eigenvalue weighted by Crippen LogP contribution is -2.46. The van der Waals surface area contributed by atoms with Gasteiger partial charge in [0, 0.05) is 11.6 Å². The van der Waals surface area contributed by atoms with Crippen LogP contribution in [0.5, 0.6) is 5.75 Å². The SMILES string of the molecule is CN1CCC(N(Cc2ccco2)C(=O)c2cccc(COc3ccccc3C(N)=O)c2)CC1. The summed E-state index contributed by atoms with van der Waals surface area (Å²) in [5, 5.41) is 0. The Morgan fingerprint density at radius 1 is 1.09 bits per heavy atom. The van der Waals surface area contributed by atoms with E-state index in [0.717, 1.165) is 37.3 Å². The van der Waals surface area contributed by atoms with Crippen LogP contribution < -0.4 is 10.5 Å². The number of carbonyl (C=O) groups is 2. The van der Waals surface area contributed by atoms with E-state index in [-0.39, 0.29) is 18.6 Å². The summed E-state index contributed by atoms with van der Waals surface area (Å²) in [6, 6.07) is 18.2. The molecule has 2 heterocycles. The van der Waals surface area contributed by atoms with E-state index >= 15 is 0 Å². The highest BCUT2D eigenvalue weighted by Gasteiger charge is 2.28. The van der Waals surface area contributed by atoms with Gasteiger partial charge in [0.25, 0.3) is 11.8 Å². The first kappa shape index (κ1) is 22.6. The number of likely N-dealkylation sites (tertiary alicyclic amines) is 1. The number of furan rings is 1. The molecule has 0 unspecified atom stereocenters. The van der Waals surface area contributed by atoms with Crippen LogP contribution in [0, 0.1) is 0 Å². The first-order chi connectivity index (χ1) is 16.0. The van der Waals surface area contributed by atoms with Gasteiger partial charge in [0.15, 0.2) is 0 Å².